The first-order valence-electron chi connectivity index (χ1n) is 15.2. The van der Waals surface area contributed by atoms with E-state index in [1.165, 1.54) is 29.2 Å². The number of nitrogens with zero attached hydrogens (tertiary/aromatic N) is 5. The van der Waals surface area contributed by atoms with Crippen LogP contribution in [0, 0.1) is 11.6 Å². The molecule has 4 aromatic rings. The molecule has 0 radical (unpaired) electrons. The Bertz CT molecular complexity index is 1760. The summed E-state index contributed by atoms with van der Waals surface area (Å²) in [6.07, 6.45) is 0.967. The van der Waals surface area contributed by atoms with Crippen LogP contribution in [0.3, 0.4) is 0 Å². The number of ether oxygens (including phenoxy) is 1. The number of carbonyl (C=O) groups is 3. The zero-order chi connectivity index (χ0) is 34.4. The molecule has 1 aliphatic rings. The lowest BCUT2D eigenvalue weighted by Gasteiger charge is -2.24. The van der Waals surface area contributed by atoms with Crippen molar-refractivity contribution < 1.29 is 37.5 Å². The molecule has 1 unspecified atom stereocenters. The van der Waals surface area contributed by atoms with Crippen molar-refractivity contribution in [2.75, 3.05) is 36.4 Å². The summed E-state index contributed by atoms with van der Waals surface area (Å²) in [5.41, 5.74) is 0.754. The van der Waals surface area contributed by atoms with Gasteiger partial charge in [-0.1, -0.05) is 11.2 Å². The van der Waals surface area contributed by atoms with E-state index in [1.54, 1.807) is 51.1 Å². The number of rotatable bonds is 8. The number of hydrogen-bond acceptors (Lipinski definition) is 9. The number of hydrogen-bond donors (Lipinski definition) is 3. The van der Waals surface area contributed by atoms with Crippen LogP contribution in [0.2, 0.25) is 0 Å². The van der Waals surface area contributed by atoms with E-state index in [9.17, 15) is 23.9 Å². The highest BCUT2D eigenvalue weighted by molar-refractivity contribution is 5.85. The molecule has 2 aromatic heterocycles. The Morgan fingerprint density at radius 1 is 1.02 bits per heavy atom. The highest BCUT2D eigenvalue weighted by Crippen LogP contribution is 2.26. The Kier molecular flexibility index (Phi) is 10.2. The molecule has 1 saturated heterocycles. The van der Waals surface area contributed by atoms with Gasteiger partial charge in [-0.25, -0.2) is 28.1 Å². The lowest BCUT2D eigenvalue weighted by atomic mass is 10.0. The van der Waals surface area contributed by atoms with Gasteiger partial charge in [0.15, 0.2) is 0 Å². The fraction of sp³-hybridized carbons (Fsp3) is 0.333. The molecular weight excluding hydrogens is 628 g/mol. The number of amides is 3. The Hall–Kier alpha value is -5.60. The third kappa shape index (κ3) is 8.80. The van der Waals surface area contributed by atoms with E-state index in [4.69, 9.17) is 9.26 Å². The minimum absolute atomic E-state index is 0.0147. The molecule has 5 rings (SSSR count). The monoisotopic (exact) mass is 663 g/mol. The van der Waals surface area contributed by atoms with Crippen molar-refractivity contribution in [3.8, 4) is 22.8 Å². The maximum absolute atomic E-state index is 15.2. The predicted molar refractivity (Wildman–Crippen MR) is 171 cm³/mol. The van der Waals surface area contributed by atoms with Crippen molar-refractivity contribution in [1.82, 2.24) is 25.3 Å². The number of urea groups is 1. The van der Waals surface area contributed by atoms with Crippen molar-refractivity contribution in [3.63, 3.8) is 0 Å². The number of halogens is 2. The number of aliphatic carboxylic acids is 1. The molecule has 13 nitrogen and oxygen atoms in total. The smallest absolute Gasteiger partial charge is 0.412 e. The van der Waals surface area contributed by atoms with Gasteiger partial charge in [-0.3, -0.25) is 5.32 Å². The van der Waals surface area contributed by atoms with E-state index >= 15 is 4.39 Å². The van der Waals surface area contributed by atoms with E-state index in [1.807, 2.05) is 4.90 Å². The molecule has 3 N–H and O–H groups in total. The van der Waals surface area contributed by atoms with Gasteiger partial charge in [0.25, 0.3) is 5.89 Å². The first kappa shape index (κ1) is 33.8. The van der Waals surface area contributed by atoms with Crippen LogP contribution in [0.1, 0.15) is 32.8 Å². The summed E-state index contributed by atoms with van der Waals surface area (Å²) < 4.78 is 39.1. The maximum atomic E-state index is 15.2. The number of carboxylic acids is 1. The van der Waals surface area contributed by atoms with Crippen molar-refractivity contribution in [2.45, 2.75) is 45.3 Å². The van der Waals surface area contributed by atoms with Crippen LogP contribution < -0.4 is 15.5 Å². The molecule has 48 heavy (non-hydrogen) atoms. The minimum atomic E-state index is -1.31. The van der Waals surface area contributed by atoms with Crippen LogP contribution >= 0.6 is 0 Å². The number of anilines is 2. The van der Waals surface area contributed by atoms with Crippen molar-refractivity contribution >= 4 is 29.6 Å². The average molecular weight is 664 g/mol. The first-order valence-corrected chi connectivity index (χ1v) is 15.2. The van der Waals surface area contributed by atoms with Crippen LogP contribution in [0.5, 0.6) is 0 Å². The summed E-state index contributed by atoms with van der Waals surface area (Å²) in [6, 6.07) is 11.7. The molecule has 0 spiro atoms. The van der Waals surface area contributed by atoms with Gasteiger partial charge in [-0.05, 0) is 81.3 Å². The second kappa shape index (κ2) is 14.4. The number of carbonyl (C=O) groups excluding carboxylic acids is 2. The first-order chi connectivity index (χ1) is 22.8. The lowest BCUT2D eigenvalue weighted by molar-refractivity contribution is -0.139. The third-order valence-electron chi connectivity index (χ3n) is 7.33. The molecule has 252 valence electrons. The van der Waals surface area contributed by atoms with E-state index in [-0.39, 0.29) is 23.7 Å². The molecule has 0 bridgehead atoms. The standard InChI is InChI=1S/C33H35F2N7O6/c1-33(2,3)47-32(46)37-23-9-6-21(7-10-23)29-39-28(40-48-29)24-11-5-20(17-25(24)35)18-26(30(43)44)38-31(45)42-14-4-13-41(15-16-42)27-12-8-22(34)19-36-27/h5-12,17,19,26H,4,13-16,18H2,1-3H3,(H,37,46)(H,38,45)(H,43,44). The quantitative estimate of drug-likeness (QED) is 0.224. The average Bonchev–Trinajstić information content (AvgIpc) is 3.37. The molecular formula is C33H35F2N7O6. The van der Waals surface area contributed by atoms with Gasteiger partial charge in [0.05, 0.1) is 11.8 Å². The number of nitrogens with one attached hydrogen (secondary N) is 2. The molecule has 1 atom stereocenters. The Morgan fingerprint density at radius 3 is 2.46 bits per heavy atom. The Morgan fingerprint density at radius 2 is 1.79 bits per heavy atom. The second-order valence-electron chi connectivity index (χ2n) is 12.1. The number of pyridine rings is 1. The summed E-state index contributed by atoms with van der Waals surface area (Å²) in [5.74, 6) is -1.71. The SMILES string of the molecule is CC(C)(C)OC(=O)Nc1ccc(-c2nc(-c3ccc(CC(NC(=O)N4CCCN(c5ccc(F)cn5)CC4)C(=O)O)cc3F)no2)cc1. The lowest BCUT2D eigenvalue weighted by Crippen LogP contribution is -2.49. The van der Waals surface area contributed by atoms with Crippen LogP contribution in [0.4, 0.5) is 29.9 Å². The van der Waals surface area contributed by atoms with Crippen LogP contribution in [-0.2, 0) is 16.0 Å². The second-order valence-corrected chi connectivity index (χ2v) is 12.1. The Labute approximate surface area is 274 Å². The minimum Gasteiger partial charge on any atom is -0.480 e. The summed E-state index contributed by atoms with van der Waals surface area (Å²) in [7, 11) is 0. The summed E-state index contributed by atoms with van der Waals surface area (Å²) in [4.78, 5) is 48.9. The van der Waals surface area contributed by atoms with Gasteiger partial charge < -0.3 is 29.5 Å². The fourth-order valence-corrected chi connectivity index (χ4v) is 5.02. The number of aromatic nitrogens is 3. The predicted octanol–water partition coefficient (Wildman–Crippen LogP) is 5.34. The van der Waals surface area contributed by atoms with Gasteiger partial charge >= 0.3 is 18.1 Å². The van der Waals surface area contributed by atoms with E-state index in [0.29, 0.717) is 55.2 Å². The van der Waals surface area contributed by atoms with Gasteiger partial charge in [0.1, 0.15) is 29.1 Å². The molecule has 1 aliphatic heterocycles. The number of carboxylic acid groups (broad SMARTS) is 1. The van der Waals surface area contributed by atoms with E-state index < -0.39 is 41.4 Å². The van der Waals surface area contributed by atoms with Crippen LogP contribution in [0.15, 0.2) is 65.3 Å². The molecule has 15 heteroatoms. The van der Waals surface area contributed by atoms with Crippen molar-refractivity contribution in [1.29, 1.82) is 0 Å². The fourth-order valence-electron chi connectivity index (χ4n) is 5.02. The van der Waals surface area contributed by atoms with Gasteiger partial charge in [0, 0.05) is 43.9 Å². The van der Waals surface area contributed by atoms with Gasteiger partial charge in [-0.2, -0.15) is 4.98 Å². The van der Waals surface area contributed by atoms with Crippen LogP contribution in [-0.4, -0.2) is 81.0 Å². The third-order valence-corrected chi connectivity index (χ3v) is 7.33. The zero-order valence-corrected chi connectivity index (χ0v) is 26.6. The Balaban J connectivity index is 1.19. The van der Waals surface area contributed by atoms with Crippen molar-refractivity contribution in [3.05, 3.63) is 78.0 Å². The summed E-state index contributed by atoms with van der Waals surface area (Å²) in [5, 5.41) is 18.9. The largest absolute Gasteiger partial charge is 0.480 e. The molecule has 0 aliphatic carbocycles. The maximum Gasteiger partial charge on any atom is 0.412 e. The molecule has 2 aromatic carbocycles. The van der Waals surface area contributed by atoms with E-state index in [2.05, 4.69) is 25.8 Å². The van der Waals surface area contributed by atoms with Gasteiger partial charge in [0.2, 0.25) is 5.82 Å². The van der Waals surface area contributed by atoms with Crippen molar-refractivity contribution in [2.24, 2.45) is 0 Å². The zero-order valence-electron chi connectivity index (χ0n) is 26.6. The highest BCUT2D eigenvalue weighted by atomic mass is 19.1. The molecule has 1 fully saturated rings. The summed E-state index contributed by atoms with van der Waals surface area (Å²) in [6.45, 7) is 7.00. The molecule has 3 amide bonds. The van der Waals surface area contributed by atoms with Crippen LogP contribution in [0.25, 0.3) is 22.8 Å². The topological polar surface area (TPSA) is 163 Å². The highest BCUT2D eigenvalue weighted by Gasteiger charge is 2.26. The normalized spacial score (nSPS) is 14.2. The molecule has 0 saturated carbocycles. The van der Waals surface area contributed by atoms with E-state index in [0.717, 1.165) is 6.20 Å². The van der Waals surface area contributed by atoms with Gasteiger partial charge in [-0.15, -0.1) is 0 Å². The molecule has 3 heterocycles. The summed E-state index contributed by atoms with van der Waals surface area (Å²) >= 11 is 0. The number of benzene rings is 2.